The molecule has 4 N–H and O–H groups in total. The normalized spacial score (nSPS) is 57.2. The maximum Gasteiger partial charge on any atom is 0.0652 e. The van der Waals surface area contributed by atoms with Gasteiger partial charge in [-0.15, -0.1) is 0 Å². The summed E-state index contributed by atoms with van der Waals surface area (Å²) in [4.78, 5) is 0. The zero-order valence-corrected chi connectivity index (χ0v) is 22.9. The minimum atomic E-state index is -0.415. The fourth-order valence-electron chi connectivity index (χ4n) is 10.9. The predicted octanol–water partition coefficient (Wildman–Crippen LogP) is 4.54. The minimum absolute atomic E-state index is 0.0644. The molecule has 1 spiro atoms. The molecule has 0 unspecified atom stereocenters. The van der Waals surface area contributed by atoms with E-state index in [1.165, 1.54) is 0 Å². The zero-order valence-electron chi connectivity index (χ0n) is 22.9. The molecule has 1 heterocycles. The molecule has 5 heteroatoms. The first kappa shape index (κ1) is 26.4. The Labute approximate surface area is 213 Å². The number of hydrogen-bond donors (Lipinski definition) is 4. The highest BCUT2D eigenvalue weighted by molar-refractivity contribution is 5.18. The second kappa shape index (κ2) is 8.66. The Balaban J connectivity index is 1.41. The Morgan fingerprint density at radius 2 is 1.54 bits per heavy atom. The summed E-state index contributed by atoms with van der Waals surface area (Å²) >= 11 is 0. The van der Waals surface area contributed by atoms with Crippen LogP contribution in [0.3, 0.4) is 0 Å². The van der Waals surface area contributed by atoms with E-state index >= 15 is 0 Å². The van der Waals surface area contributed by atoms with Gasteiger partial charge < -0.3 is 25.2 Å². The quantitative estimate of drug-likeness (QED) is 0.464. The van der Waals surface area contributed by atoms with Crippen molar-refractivity contribution in [3.63, 3.8) is 0 Å². The third-order valence-corrected chi connectivity index (χ3v) is 13.6. The number of aliphatic hydroxyl groups excluding tert-OH is 4. The van der Waals surface area contributed by atoms with Gasteiger partial charge in [-0.1, -0.05) is 34.6 Å². The van der Waals surface area contributed by atoms with E-state index in [0.29, 0.717) is 24.4 Å². The maximum atomic E-state index is 12.0. The SMILES string of the molecule is C[C@H](CO)[C@H]1CC[C@@]2(CC[C@]3(C)[C@H](CC[C@@H]4[C@@]5(C)CC[C@H](O)[C@@](C)(CO)[C@@H]5CC[C@]43C)[C@H]2O)CO1. The second-order valence-electron chi connectivity index (χ2n) is 14.7. The molecule has 12 atom stereocenters. The van der Waals surface area contributed by atoms with Gasteiger partial charge in [-0.05, 0) is 98.2 Å². The molecule has 1 saturated heterocycles. The Kier molecular flexibility index (Phi) is 6.53. The third-order valence-electron chi connectivity index (χ3n) is 13.6. The van der Waals surface area contributed by atoms with Crippen LogP contribution >= 0.6 is 0 Å². The lowest BCUT2D eigenvalue weighted by molar-refractivity contribution is -0.271. The van der Waals surface area contributed by atoms with Crippen molar-refractivity contribution in [2.75, 3.05) is 19.8 Å². The largest absolute Gasteiger partial charge is 0.396 e. The molecule has 4 saturated carbocycles. The van der Waals surface area contributed by atoms with Crippen LogP contribution in [-0.2, 0) is 4.74 Å². The van der Waals surface area contributed by atoms with Gasteiger partial charge in [-0.3, -0.25) is 0 Å². The molecule has 0 aromatic heterocycles. The molecule has 0 radical (unpaired) electrons. The lowest BCUT2D eigenvalue weighted by Gasteiger charge is -2.72. The fraction of sp³-hybridized carbons (Fsp3) is 1.00. The van der Waals surface area contributed by atoms with Crippen LogP contribution in [0.25, 0.3) is 0 Å². The van der Waals surface area contributed by atoms with Gasteiger partial charge in [0.15, 0.2) is 0 Å². The van der Waals surface area contributed by atoms with E-state index in [1.807, 2.05) is 0 Å². The summed E-state index contributed by atoms with van der Waals surface area (Å²) in [7, 11) is 0. The molecular formula is C30H52O5. The standard InChI is InChI=1S/C30H52O5/c1-19(16-31)21-8-13-30(18-35-21)15-14-28(4)20(25(30)34)6-7-23-26(2)11-10-24(33)27(3,17-32)22(26)9-12-29(23,28)5/h19-25,31-34H,6-18H2,1-5H3/t19-,20-,21-,22-,23-,24+,25-,26+,27+,28-,29-,30-/m1/s1. The van der Waals surface area contributed by atoms with E-state index in [0.717, 1.165) is 64.2 Å². The Morgan fingerprint density at radius 3 is 2.17 bits per heavy atom. The summed E-state index contributed by atoms with van der Waals surface area (Å²) in [6.45, 7) is 12.5. The molecule has 0 aromatic carbocycles. The van der Waals surface area contributed by atoms with Crippen LogP contribution in [0, 0.1) is 50.7 Å². The van der Waals surface area contributed by atoms with Gasteiger partial charge in [-0.2, -0.15) is 0 Å². The monoisotopic (exact) mass is 492 g/mol. The molecule has 4 aliphatic carbocycles. The van der Waals surface area contributed by atoms with E-state index in [-0.39, 0.29) is 53.0 Å². The highest BCUT2D eigenvalue weighted by Crippen LogP contribution is 2.75. The van der Waals surface area contributed by atoms with Crippen molar-refractivity contribution in [3.05, 3.63) is 0 Å². The van der Waals surface area contributed by atoms with Crippen LogP contribution in [0.4, 0.5) is 0 Å². The van der Waals surface area contributed by atoms with Crippen molar-refractivity contribution in [3.8, 4) is 0 Å². The Hall–Kier alpha value is -0.200. The summed E-state index contributed by atoms with van der Waals surface area (Å²) in [6.07, 6.45) is 9.69. The van der Waals surface area contributed by atoms with Crippen molar-refractivity contribution in [1.29, 1.82) is 0 Å². The number of rotatable bonds is 3. The lowest BCUT2D eigenvalue weighted by atomic mass is 9.33. The van der Waals surface area contributed by atoms with Gasteiger partial charge in [0, 0.05) is 23.4 Å². The average molecular weight is 493 g/mol. The van der Waals surface area contributed by atoms with Gasteiger partial charge in [0.1, 0.15) is 0 Å². The molecule has 0 aromatic rings. The average Bonchev–Trinajstić information content (AvgIpc) is 2.85. The van der Waals surface area contributed by atoms with Crippen molar-refractivity contribution in [2.24, 2.45) is 50.7 Å². The van der Waals surface area contributed by atoms with Gasteiger partial charge >= 0.3 is 0 Å². The van der Waals surface area contributed by atoms with Gasteiger partial charge in [-0.25, -0.2) is 0 Å². The molecule has 5 rings (SSSR count). The van der Waals surface area contributed by atoms with E-state index in [1.54, 1.807) is 0 Å². The van der Waals surface area contributed by atoms with Gasteiger partial charge in [0.05, 0.1) is 31.5 Å². The molecule has 5 fully saturated rings. The van der Waals surface area contributed by atoms with Crippen molar-refractivity contribution in [2.45, 2.75) is 117 Å². The molecule has 0 amide bonds. The Bertz CT molecular complexity index is 794. The van der Waals surface area contributed by atoms with Crippen molar-refractivity contribution in [1.82, 2.24) is 0 Å². The number of hydrogen-bond acceptors (Lipinski definition) is 5. The van der Waals surface area contributed by atoms with Gasteiger partial charge in [0.2, 0.25) is 0 Å². The molecule has 5 aliphatic rings. The van der Waals surface area contributed by atoms with Crippen LogP contribution < -0.4 is 0 Å². The summed E-state index contributed by atoms with van der Waals surface area (Å²) in [5.41, 5.74) is -0.171. The van der Waals surface area contributed by atoms with E-state index in [9.17, 15) is 20.4 Å². The van der Waals surface area contributed by atoms with E-state index < -0.39 is 11.5 Å². The first-order valence-corrected chi connectivity index (χ1v) is 14.6. The Morgan fingerprint density at radius 1 is 0.800 bits per heavy atom. The number of ether oxygens (including phenoxy) is 1. The maximum absolute atomic E-state index is 12.0. The summed E-state index contributed by atoms with van der Waals surface area (Å²) < 4.78 is 6.30. The topological polar surface area (TPSA) is 90.2 Å². The molecule has 35 heavy (non-hydrogen) atoms. The fourth-order valence-corrected chi connectivity index (χ4v) is 10.9. The third kappa shape index (κ3) is 3.43. The van der Waals surface area contributed by atoms with Crippen LogP contribution in [0.1, 0.15) is 98.8 Å². The zero-order chi connectivity index (χ0) is 25.4. The van der Waals surface area contributed by atoms with Crippen LogP contribution in [0.2, 0.25) is 0 Å². The molecule has 5 nitrogen and oxygen atoms in total. The number of aliphatic hydroxyl groups is 4. The van der Waals surface area contributed by atoms with Crippen LogP contribution in [-0.4, -0.2) is 58.6 Å². The van der Waals surface area contributed by atoms with Crippen molar-refractivity contribution < 1.29 is 25.2 Å². The van der Waals surface area contributed by atoms with Crippen molar-refractivity contribution >= 4 is 0 Å². The molecule has 0 bridgehead atoms. The van der Waals surface area contributed by atoms with Crippen LogP contribution in [0.5, 0.6) is 0 Å². The second-order valence-corrected chi connectivity index (χ2v) is 14.7. The molecule has 202 valence electrons. The molecule has 1 aliphatic heterocycles. The lowest BCUT2D eigenvalue weighted by Crippen LogP contribution is -2.68. The van der Waals surface area contributed by atoms with Crippen LogP contribution in [0.15, 0.2) is 0 Å². The van der Waals surface area contributed by atoms with Gasteiger partial charge in [0.25, 0.3) is 0 Å². The first-order chi connectivity index (χ1) is 16.4. The molecular weight excluding hydrogens is 440 g/mol. The summed E-state index contributed by atoms with van der Waals surface area (Å²) in [5.74, 6) is 1.36. The van der Waals surface area contributed by atoms with E-state index in [2.05, 4.69) is 34.6 Å². The highest BCUT2D eigenvalue weighted by Gasteiger charge is 2.70. The highest BCUT2D eigenvalue weighted by atomic mass is 16.5. The van der Waals surface area contributed by atoms with E-state index in [4.69, 9.17) is 4.74 Å². The minimum Gasteiger partial charge on any atom is -0.396 e. The number of fused-ring (bicyclic) bond motifs is 5. The first-order valence-electron chi connectivity index (χ1n) is 14.6. The smallest absolute Gasteiger partial charge is 0.0652 e. The predicted molar refractivity (Wildman–Crippen MR) is 137 cm³/mol. The summed E-state index contributed by atoms with van der Waals surface area (Å²) in [5, 5.41) is 42.9. The summed E-state index contributed by atoms with van der Waals surface area (Å²) in [6, 6.07) is 0.